The molecule has 2 aromatic carbocycles. The molecule has 1 aliphatic heterocycles. The quantitative estimate of drug-likeness (QED) is 0.586. The number of hydrogen-bond acceptors (Lipinski definition) is 4. The van der Waals surface area contributed by atoms with Crippen molar-refractivity contribution >= 4 is 11.8 Å². The van der Waals surface area contributed by atoms with Crippen LogP contribution in [0.5, 0.6) is 11.5 Å². The van der Waals surface area contributed by atoms with Crippen molar-refractivity contribution in [1.29, 1.82) is 0 Å². The van der Waals surface area contributed by atoms with Crippen LogP contribution in [0.4, 0.5) is 0 Å². The highest BCUT2D eigenvalue weighted by atomic mass is 16.7. The summed E-state index contributed by atoms with van der Waals surface area (Å²) in [6.07, 6.45) is 2.83. The number of nitrogens with one attached hydrogen (secondary N) is 1. The molecule has 1 N–H and O–H groups in total. The Labute approximate surface area is 184 Å². The molecule has 1 heterocycles. The van der Waals surface area contributed by atoms with Crippen molar-refractivity contribution in [2.45, 2.75) is 59.0 Å². The van der Waals surface area contributed by atoms with Crippen molar-refractivity contribution in [2.75, 3.05) is 13.3 Å². The van der Waals surface area contributed by atoms with Gasteiger partial charge >= 0.3 is 0 Å². The van der Waals surface area contributed by atoms with Gasteiger partial charge in [0.05, 0.1) is 0 Å². The number of ether oxygens (including phenoxy) is 2. The zero-order valence-corrected chi connectivity index (χ0v) is 18.6. The summed E-state index contributed by atoms with van der Waals surface area (Å²) in [6.45, 7) is 7.18. The highest BCUT2D eigenvalue weighted by Crippen LogP contribution is 2.32. The Morgan fingerprint density at radius 2 is 1.90 bits per heavy atom. The second-order valence-corrected chi connectivity index (χ2v) is 7.96. The number of unbranched alkanes of at least 4 members (excludes halogenated alkanes) is 1. The van der Waals surface area contributed by atoms with Gasteiger partial charge in [-0.1, -0.05) is 43.7 Å². The fourth-order valence-electron chi connectivity index (χ4n) is 3.58. The maximum Gasteiger partial charge on any atom is 0.242 e. The summed E-state index contributed by atoms with van der Waals surface area (Å²) in [5, 5.41) is 2.96. The van der Waals surface area contributed by atoms with Crippen LogP contribution in [0, 0.1) is 6.92 Å². The summed E-state index contributed by atoms with van der Waals surface area (Å²) in [5.41, 5.74) is 3.16. The lowest BCUT2D eigenvalue weighted by atomic mass is 10.1. The van der Waals surface area contributed by atoms with Gasteiger partial charge in [-0.05, 0) is 55.5 Å². The summed E-state index contributed by atoms with van der Waals surface area (Å²) >= 11 is 0. The number of fused-ring (bicyclic) bond motifs is 1. The molecule has 31 heavy (non-hydrogen) atoms. The first kappa shape index (κ1) is 22.7. The number of aryl methyl sites for hydroxylation is 2. The van der Waals surface area contributed by atoms with Crippen LogP contribution in [0.15, 0.2) is 42.5 Å². The predicted octanol–water partition coefficient (Wildman–Crippen LogP) is 3.99. The first-order chi connectivity index (χ1) is 15.0. The number of hydrogen-bond donors (Lipinski definition) is 1. The summed E-state index contributed by atoms with van der Waals surface area (Å²) in [6, 6.07) is 13.2. The molecule has 2 amide bonds. The van der Waals surface area contributed by atoms with Crippen molar-refractivity contribution in [3.8, 4) is 11.5 Å². The van der Waals surface area contributed by atoms with Crippen molar-refractivity contribution in [3.63, 3.8) is 0 Å². The summed E-state index contributed by atoms with van der Waals surface area (Å²) in [7, 11) is 0. The molecule has 0 aromatic heterocycles. The average Bonchev–Trinajstić information content (AvgIpc) is 3.24. The molecule has 6 nitrogen and oxygen atoms in total. The first-order valence-electron chi connectivity index (χ1n) is 11.0. The van der Waals surface area contributed by atoms with E-state index < -0.39 is 6.04 Å². The standard InChI is InChI=1S/C25H32N2O4/c1-4-5-14-26-25(29)19(3)27(16-21-9-7-6-8-18(21)2)24(28)13-11-20-10-12-22-23(15-20)31-17-30-22/h6-10,12,15,19H,4-5,11,13-14,16-17H2,1-3H3,(H,26,29)/t19-/m1/s1. The Hall–Kier alpha value is -3.02. The van der Waals surface area contributed by atoms with Gasteiger partial charge in [0, 0.05) is 19.5 Å². The van der Waals surface area contributed by atoms with Gasteiger partial charge in [-0.3, -0.25) is 9.59 Å². The molecule has 0 aliphatic carbocycles. The van der Waals surface area contributed by atoms with E-state index in [1.54, 1.807) is 11.8 Å². The Kier molecular flexibility index (Phi) is 7.93. The lowest BCUT2D eigenvalue weighted by Gasteiger charge is -2.29. The van der Waals surface area contributed by atoms with Gasteiger partial charge in [-0.2, -0.15) is 0 Å². The molecule has 0 radical (unpaired) electrons. The fourth-order valence-corrected chi connectivity index (χ4v) is 3.58. The van der Waals surface area contributed by atoms with Gasteiger partial charge in [0.1, 0.15) is 6.04 Å². The third kappa shape index (κ3) is 6.00. The van der Waals surface area contributed by atoms with E-state index in [0.29, 0.717) is 31.7 Å². The molecule has 1 atom stereocenters. The third-order valence-corrected chi connectivity index (χ3v) is 5.66. The zero-order valence-electron chi connectivity index (χ0n) is 18.6. The largest absolute Gasteiger partial charge is 0.454 e. The number of amides is 2. The van der Waals surface area contributed by atoms with Crippen LogP contribution in [-0.2, 0) is 22.6 Å². The van der Waals surface area contributed by atoms with Gasteiger partial charge in [0.2, 0.25) is 18.6 Å². The second-order valence-electron chi connectivity index (χ2n) is 7.96. The van der Waals surface area contributed by atoms with Gasteiger partial charge in [0.25, 0.3) is 0 Å². The summed E-state index contributed by atoms with van der Waals surface area (Å²) in [4.78, 5) is 27.6. The number of carbonyl (C=O) groups is 2. The minimum Gasteiger partial charge on any atom is -0.454 e. The normalized spacial score (nSPS) is 13.0. The van der Waals surface area contributed by atoms with E-state index in [1.165, 1.54) is 0 Å². The lowest BCUT2D eigenvalue weighted by Crippen LogP contribution is -2.48. The molecule has 0 saturated heterocycles. The number of benzene rings is 2. The maximum atomic E-state index is 13.2. The molecular formula is C25H32N2O4. The first-order valence-corrected chi connectivity index (χ1v) is 11.0. The number of nitrogens with zero attached hydrogens (tertiary/aromatic N) is 1. The van der Waals surface area contributed by atoms with E-state index in [4.69, 9.17) is 9.47 Å². The molecule has 0 saturated carbocycles. The third-order valence-electron chi connectivity index (χ3n) is 5.66. The van der Waals surface area contributed by atoms with E-state index in [0.717, 1.165) is 35.3 Å². The van der Waals surface area contributed by atoms with Crippen LogP contribution in [-0.4, -0.2) is 36.1 Å². The van der Waals surface area contributed by atoms with E-state index in [1.807, 2.05) is 49.4 Å². The number of rotatable bonds is 10. The molecule has 0 bridgehead atoms. The maximum absolute atomic E-state index is 13.2. The Morgan fingerprint density at radius 3 is 2.68 bits per heavy atom. The van der Waals surface area contributed by atoms with Crippen LogP contribution in [0.2, 0.25) is 0 Å². The van der Waals surface area contributed by atoms with Crippen LogP contribution >= 0.6 is 0 Å². The van der Waals surface area contributed by atoms with Crippen molar-refractivity contribution in [1.82, 2.24) is 10.2 Å². The SMILES string of the molecule is CCCCNC(=O)[C@@H](C)N(Cc1ccccc1C)C(=O)CCc1ccc2c(c1)OCO2. The minimum absolute atomic E-state index is 0.0425. The van der Waals surface area contributed by atoms with Gasteiger partial charge in [0.15, 0.2) is 11.5 Å². The Morgan fingerprint density at radius 1 is 1.13 bits per heavy atom. The van der Waals surface area contributed by atoms with E-state index in [9.17, 15) is 9.59 Å². The van der Waals surface area contributed by atoms with Gasteiger partial charge < -0.3 is 19.7 Å². The predicted molar refractivity (Wildman–Crippen MR) is 120 cm³/mol. The van der Waals surface area contributed by atoms with Crippen LogP contribution in [0.25, 0.3) is 0 Å². The second kappa shape index (κ2) is 10.8. The van der Waals surface area contributed by atoms with Gasteiger partial charge in [-0.25, -0.2) is 0 Å². The van der Waals surface area contributed by atoms with Crippen molar-refractivity contribution in [2.24, 2.45) is 0 Å². The van der Waals surface area contributed by atoms with E-state index in [2.05, 4.69) is 12.2 Å². The molecular weight excluding hydrogens is 392 g/mol. The molecule has 0 unspecified atom stereocenters. The molecule has 0 fully saturated rings. The van der Waals surface area contributed by atoms with Crippen LogP contribution in [0.1, 0.15) is 49.8 Å². The molecule has 0 spiro atoms. The minimum atomic E-state index is -0.541. The molecule has 6 heteroatoms. The highest BCUT2D eigenvalue weighted by molar-refractivity contribution is 5.87. The van der Waals surface area contributed by atoms with E-state index >= 15 is 0 Å². The molecule has 166 valence electrons. The number of carbonyl (C=O) groups excluding carboxylic acids is 2. The Balaban J connectivity index is 1.70. The monoisotopic (exact) mass is 424 g/mol. The highest BCUT2D eigenvalue weighted by Gasteiger charge is 2.26. The average molecular weight is 425 g/mol. The molecule has 1 aliphatic rings. The smallest absolute Gasteiger partial charge is 0.242 e. The Bertz CT molecular complexity index is 912. The van der Waals surface area contributed by atoms with Crippen LogP contribution in [0.3, 0.4) is 0 Å². The van der Waals surface area contributed by atoms with Crippen LogP contribution < -0.4 is 14.8 Å². The zero-order chi connectivity index (χ0) is 22.2. The van der Waals surface area contributed by atoms with Crippen molar-refractivity contribution in [3.05, 3.63) is 59.2 Å². The molecule has 3 rings (SSSR count). The molecule has 2 aromatic rings. The lowest BCUT2D eigenvalue weighted by molar-refractivity contribution is -0.140. The van der Waals surface area contributed by atoms with Crippen molar-refractivity contribution < 1.29 is 19.1 Å². The topological polar surface area (TPSA) is 67.9 Å². The van der Waals surface area contributed by atoms with E-state index in [-0.39, 0.29) is 18.6 Å². The van der Waals surface area contributed by atoms with Gasteiger partial charge in [-0.15, -0.1) is 0 Å². The summed E-state index contributed by atoms with van der Waals surface area (Å²) < 4.78 is 10.8. The summed E-state index contributed by atoms with van der Waals surface area (Å²) in [5.74, 6) is 1.29. The fraction of sp³-hybridized carbons (Fsp3) is 0.440.